The number of aryl methyl sites for hydroxylation is 1. The second kappa shape index (κ2) is 6.58. The average Bonchev–Trinajstić information content (AvgIpc) is 2.58. The van der Waals surface area contributed by atoms with E-state index >= 15 is 0 Å². The zero-order valence-corrected chi connectivity index (χ0v) is 9.36. The van der Waals surface area contributed by atoms with E-state index in [2.05, 4.69) is 21.6 Å². The first-order valence-corrected chi connectivity index (χ1v) is 5.76. The molecule has 1 aromatic heterocycles. The third-order valence-electron chi connectivity index (χ3n) is 1.90. The molecule has 14 heavy (non-hydrogen) atoms. The van der Waals surface area contributed by atoms with Gasteiger partial charge < -0.3 is 5.32 Å². The minimum absolute atomic E-state index is 0.875. The van der Waals surface area contributed by atoms with E-state index in [1.807, 2.05) is 6.92 Å². The number of nitrogens with one attached hydrogen (secondary N) is 1. The normalized spacial score (nSPS) is 10.0. The van der Waals surface area contributed by atoms with Gasteiger partial charge >= 0.3 is 0 Å². The molecule has 1 N–H and O–H groups in total. The number of terminal acetylenes is 1. The van der Waals surface area contributed by atoms with Crippen molar-refractivity contribution in [2.45, 2.75) is 32.7 Å². The van der Waals surface area contributed by atoms with Crippen LogP contribution in [0.15, 0.2) is 5.38 Å². The lowest BCUT2D eigenvalue weighted by atomic mass is 10.2. The molecule has 0 aliphatic rings. The van der Waals surface area contributed by atoms with Crippen LogP contribution in [0, 0.1) is 19.3 Å². The Kier molecular flexibility index (Phi) is 5.28. The van der Waals surface area contributed by atoms with E-state index in [9.17, 15) is 0 Å². The van der Waals surface area contributed by atoms with Gasteiger partial charge in [-0.1, -0.05) is 0 Å². The predicted molar refractivity (Wildman–Crippen MR) is 61.2 cm³/mol. The molecule has 0 aliphatic heterocycles. The van der Waals surface area contributed by atoms with E-state index in [4.69, 9.17) is 6.42 Å². The number of hydrogen-bond acceptors (Lipinski definition) is 3. The highest BCUT2D eigenvalue weighted by atomic mass is 32.1. The fraction of sp³-hybridized carbons (Fsp3) is 0.545. The first-order valence-electron chi connectivity index (χ1n) is 4.88. The van der Waals surface area contributed by atoms with E-state index < -0.39 is 0 Å². The topological polar surface area (TPSA) is 24.9 Å². The molecule has 0 saturated heterocycles. The molecule has 0 fully saturated rings. The largest absolute Gasteiger partial charge is 0.311 e. The van der Waals surface area contributed by atoms with Gasteiger partial charge in [0, 0.05) is 18.3 Å². The molecule has 1 rings (SSSR count). The van der Waals surface area contributed by atoms with Gasteiger partial charge in [-0.25, -0.2) is 4.98 Å². The average molecular weight is 208 g/mol. The number of rotatable bonds is 6. The number of unbranched alkanes of at least 4 members (excludes halogenated alkanes) is 2. The van der Waals surface area contributed by atoms with Gasteiger partial charge in [0.1, 0.15) is 0 Å². The van der Waals surface area contributed by atoms with Crippen LogP contribution in [0.4, 0.5) is 0 Å². The van der Waals surface area contributed by atoms with Crippen molar-refractivity contribution in [1.29, 1.82) is 0 Å². The Balaban J connectivity index is 2.02. The lowest BCUT2D eigenvalue weighted by Crippen LogP contribution is -2.14. The van der Waals surface area contributed by atoms with E-state index in [1.54, 1.807) is 11.3 Å². The molecule has 3 heteroatoms. The number of nitrogens with zero attached hydrogens (tertiary/aromatic N) is 1. The quantitative estimate of drug-likeness (QED) is 0.573. The third-order valence-corrected chi connectivity index (χ3v) is 2.72. The van der Waals surface area contributed by atoms with Crippen molar-refractivity contribution >= 4 is 11.3 Å². The van der Waals surface area contributed by atoms with Crippen LogP contribution in [0.3, 0.4) is 0 Å². The van der Waals surface area contributed by atoms with Gasteiger partial charge in [-0.2, -0.15) is 0 Å². The molecule has 0 aliphatic carbocycles. The van der Waals surface area contributed by atoms with Gasteiger partial charge in [0.2, 0.25) is 0 Å². The van der Waals surface area contributed by atoms with Crippen molar-refractivity contribution in [2.75, 3.05) is 6.54 Å². The van der Waals surface area contributed by atoms with Gasteiger partial charge in [0.05, 0.1) is 10.7 Å². The molecule has 1 aromatic rings. The molecule has 0 spiro atoms. The van der Waals surface area contributed by atoms with Gasteiger partial charge in [-0.05, 0) is 26.3 Å². The van der Waals surface area contributed by atoms with E-state index in [-0.39, 0.29) is 0 Å². The maximum Gasteiger partial charge on any atom is 0.0897 e. The van der Waals surface area contributed by atoms with Crippen molar-refractivity contribution in [2.24, 2.45) is 0 Å². The fourth-order valence-corrected chi connectivity index (χ4v) is 1.80. The second-order valence-electron chi connectivity index (χ2n) is 3.20. The molecular weight excluding hydrogens is 192 g/mol. The molecule has 1 heterocycles. The van der Waals surface area contributed by atoms with E-state index in [1.165, 1.54) is 0 Å². The van der Waals surface area contributed by atoms with Crippen molar-refractivity contribution in [3.8, 4) is 12.3 Å². The van der Waals surface area contributed by atoms with E-state index in [0.29, 0.717) is 0 Å². The van der Waals surface area contributed by atoms with Gasteiger partial charge in [0.25, 0.3) is 0 Å². The predicted octanol–water partition coefficient (Wildman–Crippen LogP) is 2.34. The van der Waals surface area contributed by atoms with Crippen LogP contribution in [0.1, 0.15) is 30.0 Å². The van der Waals surface area contributed by atoms with Gasteiger partial charge in [-0.15, -0.1) is 23.7 Å². The summed E-state index contributed by atoms with van der Waals surface area (Å²) in [5.74, 6) is 2.64. The monoisotopic (exact) mass is 208 g/mol. The van der Waals surface area contributed by atoms with Crippen LogP contribution >= 0.6 is 11.3 Å². The highest BCUT2D eigenvalue weighted by Gasteiger charge is 1.96. The molecule has 76 valence electrons. The minimum atomic E-state index is 0.875. The molecule has 0 bridgehead atoms. The van der Waals surface area contributed by atoms with Crippen molar-refractivity contribution in [3.63, 3.8) is 0 Å². The highest BCUT2D eigenvalue weighted by Crippen LogP contribution is 2.07. The summed E-state index contributed by atoms with van der Waals surface area (Å²) in [6, 6.07) is 0. The summed E-state index contributed by atoms with van der Waals surface area (Å²) in [6.07, 6.45) is 8.30. The van der Waals surface area contributed by atoms with Crippen LogP contribution in [0.2, 0.25) is 0 Å². The number of aromatic nitrogens is 1. The van der Waals surface area contributed by atoms with Crippen LogP contribution in [0.5, 0.6) is 0 Å². The summed E-state index contributed by atoms with van der Waals surface area (Å²) in [4.78, 5) is 4.37. The Morgan fingerprint density at radius 2 is 2.43 bits per heavy atom. The Morgan fingerprint density at radius 1 is 1.57 bits per heavy atom. The standard InChI is InChI=1S/C11H16N2S/c1-3-4-5-6-7-12-8-11-9-14-10(2)13-11/h1,9,12H,4-8H2,2H3. The molecule has 2 nitrogen and oxygen atoms in total. The Labute approximate surface area is 89.8 Å². The second-order valence-corrected chi connectivity index (χ2v) is 4.26. The molecule has 0 radical (unpaired) electrons. The molecule has 0 aromatic carbocycles. The first-order chi connectivity index (χ1) is 6.83. The summed E-state index contributed by atoms with van der Waals surface area (Å²) in [7, 11) is 0. The minimum Gasteiger partial charge on any atom is -0.311 e. The lowest BCUT2D eigenvalue weighted by Gasteiger charge is -2.00. The molecule has 0 saturated carbocycles. The maximum absolute atomic E-state index is 5.16. The summed E-state index contributed by atoms with van der Waals surface area (Å²) < 4.78 is 0. The van der Waals surface area contributed by atoms with Crippen LogP contribution < -0.4 is 5.32 Å². The van der Waals surface area contributed by atoms with Crippen LogP contribution in [-0.2, 0) is 6.54 Å². The SMILES string of the molecule is C#CCCCCNCc1csc(C)n1. The summed E-state index contributed by atoms with van der Waals surface area (Å²) in [5, 5.41) is 6.58. The summed E-state index contributed by atoms with van der Waals surface area (Å²) >= 11 is 1.70. The molecule has 0 amide bonds. The number of thiazole rings is 1. The molecular formula is C11H16N2S. The first kappa shape index (κ1) is 11.2. The zero-order valence-electron chi connectivity index (χ0n) is 8.55. The van der Waals surface area contributed by atoms with Crippen molar-refractivity contribution < 1.29 is 0 Å². The highest BCUT2D eigenvalue weighted by molar-refractivity contribution is 7.09. The third kappa shape index (κ3) is 4.40. The molecule has 0 atom stereocenters. The summed E-state index contributed by atoms with van der Waals surface area (Å²) in [5.41, 5.74) is 1.14. The van der Waals surface area contributed by atoms with Crippen molar-refractivity contribution in [1.82, 2.24) is 10.3 Å². The van der Waals surface area contributed by atoms with E-state index in [0.717, 1.165) is 43.1 Å². The zero-order chi connectivity index (χ0) is 10.2. The Morgan fingerprint density at radius 3 is 3.07 bits per heavy atom. The van der Waals surface area contributed by atoms with Crippen LogP contribution in [-0.4, -0.2) is 11.5 Å². The lowest BCUT2D eigenvalue weighted by molar-refractivity contribution is 0.624. The smallest absolute Gasteiger partial charge is 0.0897 e. The Hall–Kier alpha value is -0.850. The maximum atomic E-state index is 5.16. The number of hydrogen-bond donors (Lipinski definition) is 1. The van der Waals surface area contributed by atoms with Crippen LogP contribution in [0.25, 0.3) is 0 Å². The molecule has 0 unspecified atom stereocenters. The summed E-state index contributed by atoms with van der Waals surface area (Å²) in [6.45, 7) is 3.93. The van der Waals surface area contributed by atoms with Gasteiger partial charge in [0.15, 0.2) is 0 Å². The Bertz CT molecular complexity index is 298. The fourth-order valence-electron chi connectivity index (χ4n) is 1.18. The van der Waals surface area contributed by atoms with Crippen molar-refractivity contribution in [3.05, 3.63) is 16.1 Å². The van der Waals surface area contributed by atoms with Gasteiger partial charge in [-0.3, -0.25) is 0 Å².